The van der Waals surface area contributed by atoms with Crippen LogP contribution in [0, 0.1) is 17.3 Å². The fourth-order valence-electron chi connectivity index (χ4n) is 4.34. The third-order valence-electron chi connectivity index (χ3n) is 4.98. The molecule has 0 bridgehead atoms. The van der Waals surface area contributed by atoms with Crippen LogP contribution in [0.4, 0.5) is 4.79 Å². The topological polar surface area (TPSA) is 105 Å². The van der Waals surface area contributed by atoms with Gasteiger partial charge < -0.3 is 15.4 Å². The summed E-state index contributed by atoms with van der Waals surface area (Å²) >= 11 is 0. The molecule has 1 aliphatic heterocycles. The van der Waals surface area contributed by atoms with E-state index < -0.39 is 36.6 Å². The van der Waals surface area contributed by atoms with Gasteiger partial charge in [-0.15, -0.1) is 0 Å². The molecule has 2 atom stereocenters. The van der Waals surface area contributed by atoms with Gasteiger partial charge in [-0.05, 0) is 36.5 Å². The number of hydrogen-bond acceptors (Lipinski definition) is 5. The molecule has 152 valence electrons. The molecule has 2 rings (SSSR count). The molecular formula is C19H31N3O5. The molecule has 1 heterocycles. The first-order valence-corrected chi connectivity index (χ1v) is 9.50. The highest BCUT2D eigenvalue weighted by Gasteiger charge is 2.56. The molecule has 0 unspecified atom stereocenters. The van der Waals surface area contributed by atoms with Crippen molar-refractivity contribution >= 4 is 23.8 Å². The highest BCUT2D eigenvalue weighted by atomic mass is 16.5. The summed E-state index contributed by atoms with van der Waals surface area (Å²) in [5.74, 6) is -0.997. The minimum Gasteiger partial charge on any atom is -0.454 e. The largest absolute Gasteiger partial charge is 0.454 e. The Kier molecular flexibility index (Phi) is 6.17. The average molecular weight is 381 g/mol. The molecule has 8 nitrogen and oxygen atoms in total. The maximum absolute atomic E-state index is 12.9. The van der Waals surface area contributed by atoms with Gasteiger partial charge in [0.05, 0.1) is 0 Å². The molecular weight excluding hydrogens is 350 g/mol. The normalized spacial score (nSPS) is 27.0. The Balaban J connectivity index is 1.93. The number of amides is 4. The van der Waals surface area contributed by atoms with Gasteiger partial charge in [-0.25, -0.2) is 4.79 Å². The summed E-state index contributed by atoms with van der Waals surface area (Å²) in [6.45, 7) is 9.70. The van der Waals surface area contributed by atoms with Crippen LogP contribution in [-0.2, 0) is 19.1 Å². The van der Waals surface area contributed by atoms with Crippen LogP contribution in [0.15, 0.2) is 0 Å². The average Bonchev–Trinajstić information content (AvgIpc) is 2.72. The van der Waals surface area contributed by atoms with Gasteiger partial charge in [0, 0.05) is 6.54 Å². The van der Waals surface area contributed by atoms with Gasteiger partial charge in [0.15, 0.2) is 6.61 Å². The standard InChI is InChI=1S/C19H31N3O5/c1-12(2)8-20-14(23)10-27-15(24)9-22-16(25)19(21-17(22)26)7-13(3)6-18(4,5)11-19/h12-13H,6-11H2,1-5H3,(H,20,23)(H,21,26)/t13-,19-/m0/s1. The highest BCUT2D eigenvalue weighted by molar-refractivity contribution is 6.08. The van der Waals surface area contributed by atoms with Crippen molar-refractivity contribution in [2.75, 3.05) is 19.7 Å². The van der Waals surface area contributed by atoms with Crippen molar-refractivity contribution in [2.24, 2.45) is 17.3 Å². The molecule has 2 N–H and O–H groups in total. The van der Waals surface area contributed by atoms with Crippen molar-refractivity contribution in [1.82, 2.24) is 15.5 Å². The first-order valence-electron chi connectivity index (χ1n) is 9.50. The van der Waals surface area contributed by atoms with E-state index in [1.54, 1.807) is 0 Å². The van der Waals surface area contributed by atoms with Crippen LogP contribution in [0.2, 0.25) is 0 Å². The Morgan fingerprint density at radius 2 is 1.96 bits per heavy atom. The minimum absolute atomic E-state index is 0.0777. The predicted octanol–water partition coefficient (Wildman–Crippen LogP) is 1.44. The molecule has 27 heavy (non-hydrogen) atoms. The van der Waals surface area contributed by atoms with Gasteiger partial charge in [0.2, 0.25) is 0 Å². The quantitative estimate of drug-likeness (QED) is 0.535. The number of carbonyl (C=O) groups excluding carboxylic acids is 4. The number of rotatable bonds is 6. The third-order valence-corrected chi connectivity index (χ3v) is 4.98. The molecule has 0 radical (unpaired) electrons. The van der Waals surface area contributed by atoms with Crippen molar-refractivity contribution in [3.05, 3.63) is 0 Å². The van der Waals surface area contributed by atoms with Crippen molar-refractivity contribution in [1.29, 1.82) is 0 Å². The lowest BCUT2D eigenvalue weighted by Crippen LogP contribution is -2.54. The monoisotopic (exact) mass is 381 g/mol. The maximum Gasteiger partial charge on any atom is 0.326 e. The molecule has 0 aromatic carbocycles. The van der Waals surface area contributed by atoms with Crippen LogP contribution in [0.25, 0.3) is 0 Å². The lowest BCUT2D eigenvalue weighted by atomic mass is 9.64. The molecule has 1 aliphatic carbocycles. The number of urea groups is 1. The van der Waals surface area contributed by atoms with Gasteiger partial charge in [0.1, 0.15) is 12.1 Å². The van der Waals surface area contributed by atoms with E-state index >= 15 is 0 Å². The summed E-state index contributed by atoms with van der Waals surface area (Å²) in [7, 11) is 0. The summed E-state index contributed by atoms with van der Waals surface area (Å²) in [6.07, 6.45) is 2.08. The fraction of sp³-hybridized carbons (Fsp3) is 0.789. The van der Waals surface area contributed by atoms with Crippen LogP contribution < -0.4 is 10.6 Å². The Morgan fingerprint density at radius 1 is 1.30 bits per heavy atom. The zero-order valence-corrected chi connectivity index (χ0v) is 16.9. The van der Waals surface area contributed by atoms with Gasteiger partial charge in [-0.1, -0.05) is 34.6 Å². The van der Waals surface area contributed by atoms with Crippen LogP contribution in [-0.4, -0.2) is 54.0 Å². The van der Waals surface area contributed by atoms with E-state index in [4.69, 9.17) is 4.74 Å². The van der Waals surface area contributed by atoms with Gasteiger partial charge >= 0.3 is 12.0 Å². The Labute approximate surface area is 160 Å². The first-order chi connectivity index (χ1) is 12.4. The van der Waals surface area contributed by atoms with Crippen molar-refractivity contribution in [3.8, 4) is 0 Å². The Bertz CT molecular complexity index is 631. The number of nitrogens with one attached hydrogen (secondary N) is 2. The molecule has 4 amide bonds. The van der Waals surface area contributed by atoms with Crippen LogP contribution in [0.3, 0.4) is 0 Å². The van der Waals surface area contributed by atoms with E-state index in [-0.39, 0.29) is 23.2 Å². The SMILES string of the molecule is CC(C)CNC(=O)COC(=O)CN1C(=O)N[C@]2(C[C@@H](C)CC(C)(C)C2)C1=O. The fourth-order valence-corrected chi connectivity index (χ4v) is 4.34. The number of carbonyl (C=O) groups is 4. The van der Waals surface area contributed by atoms with Crippen LogP contribution in [0.5, 0.6) is 0 Å². The summed E-state index contributed by atoms with van der Waals surface area (Å²) < 4.78 is 4.91. The van der Waals surface area contributed by atoms with Crippen LogP contribution >= 0.6 is 0 Å². The molecule has 1 saturated carbocycles. The summed E-state index contributed by atoms with van der Waals surface area (Å²) in [4.78, 5) is 49.8. The predicted molar refractivity (Wildman–Crippen MR) is 98.6 cm³/mol. The maximum atomic E-state index is 12.9. The number of hydrogen-bond donors (Lipinski definition) is 2. The lowest BCUT2D eigenvalue weighted by molar-refractivity contribution is -0.151. The second kappa shape index (κ2) is 7.86. The van der Waals surface area contributed by atoms with Crippen molar-refractivity contribution < 1.29 is 23.9 Å². The second-order valence-corrected chi connectivity index (χ2v) is 9.12. The number of nitrogens with zero attached hydrogens (tertiary/aromatic N) is 1. The van der Waals surface area contributed by atoms with E-state index in [9.17, 15) is 19.2 Å². The molecule has 2 fully saturated rings. The van der Waals surface area contributed by atoms with Crippen LogP contribution in [0.1, 0.15) is 53.9 Å². The molecule has 0 aromatic rings. The lowest BCUT2D eigenvalue weighted by Gasteiger charge is -2.43. The summed E-state index contributed by atoms with van der Waals surface area (Å²) in [5, 5.41) is 5.44. The summed E-state index contributed by atoms with van der Waals surface area (Å²) in [6, 6.07) is -0.578. The molecule has 1 spiro atoms. The molecule has 0 aromatic heterocycles. The van der Waals surface area contributed by atoms with E-state index in [0.717, 1.165) is 11.3 Å². The summed E-state index contributed by atoms with van der Waals surface area (Å²) in [5.41, 5.74) is -1.03. The highest BCUT2D eigenvalue weighted by Crippen LogP contribution is 2.46. The minimum atomic E-state index is -0.951. The van der Waals surface area contributed by atoms with Gasteiger partial charge in [-0.2, -0.15) is 0 Å². The van der Waals surface area contributed by atoms with E-state index in [0.29, 0.717) is 19.4 Å². The number of ether oxygens (including phenoxy) is 1. The van der Waals surface area contributed by atoms with Gasteiger partial charge in [-0.3, -0.25) is 19.3 Å². The molecule has 8 heteroatoms. The molecule has 1 saturated heterocycles. The van der Waals surface area contributed by atoms with E-state index in [1.807, 2.05) is 13.8 Å². The molecule has 2 aliphatic rings. The Hall–Kier alpha value is -2.12. The van der Waals surface area contributed by atoms with Crippen molar-refractivity contribution in [2.45, 2.75) is 59.4 Å². The zero-order valence-electron chi connectivity index (χ0n) is 16.9. The Morgan fingerprint density at radius 3 is 2.56 bits per heavy atom. The van der Waals surface area contributed by atoms with E-state index in [1.165, 1.54) is 0 Å². The van der Waals surface area contributed by atoms with E-state index in [2.05, 4.69) is 31.4 Å². The van der Waals surface area contributed by atoms with Crippen molar-refractivity contribution in [3.63, 3.8) is 0 Å². The third kappa shape index (κ3) is 5.20. The number of imide groups is 1. The smallest absolute Gasteiger partial charge is 0.326 e. The first kappa shape index (κ1) is 21.2. The van der Waals surface area contributed by atoms with Gasteiger partial charge in [0.25, 0.3) is 11.8 Å². The second-order valence-electron chi connectivity index (χ2n) is 9.12. The number of esters is 1. The zero-order chi connectivity index (χ0) is 20.4.